The highest BCUT2D eigenvalue weighted by Gasteiger charge is 2.45. The summed E-state index contributed by atoms with van der Waals surface area (Å²) in [6.45, 7) is 5.68. The summed E-state index contributed by atoms with van der Waals surface area (Å²) in [5.41, 5.74) is 3.85. The van der Waals surface area contributed by atoms with Crippen LogP contribution in [0.15, 0.2) is 30.6 Å². The lowest BCUT2D eigenvalue weighted by atomic mass is 9.77. The minimum atomic E-state index is -0.0597. The fourth-order valence-electron chi connectivity index (χ4n) is 5.54. The molecule has 1 aromatic carbocycles. The van der Waals surface area contributed by atoms with Crippen LogP contribution in [0.4, 0.5) is 11.5 Å². The number of hydrogen-bond acceptors (Lipinski definition) is 5. The SMILES string of the molecule is CC1CNc2cccc(CN3C(=O)CCCC34CCN(c3cncc(Cl)n3)CC4)c21. The van der Waals surface area contributed by atoms with E-state index in [2.05, 4.69) is 50.2 Å². The molecule has 0 saturated carbocycles. The van der Waals surface area contributed by atoms with Crippen molar-refractivity contribution in [3.05, 3.63) is 46.9 Å². The molecular formula is C23H28ClN5O. The number of carbonyl (C=O) groups excluding carboxylic acids is 1. The van der Waals surface area contributed by atoms with E-state index in [1.807, 2.05) is 0 Å². The van der Waals surface area contributed by atoms with E-state index in [0.717, 1.165) is 51.1 Å². The molecule has 158 valence electrons. The Hall–Kier alpha value is -2.34. The molecule has 5 rings (SSSR count). The van der Waals surface area contributed by atoms with Crippen molar-refractivity contribution in [2.75, 3.05) is 29.9 Å². The summed E-state index contributed by atoms with van der Waals surface area (Å²) in [5, 5.41) is 3.92. The standard InChI is InChI=1S/C23H28ClN5O/c1-16-12-26-18-5-2-4-17(22(16)18)15-29-21(30)6-3-7-23(29)8-10-28(11-9-23)20-14-25-13-19(24)27-20/h2,4-5,13-14,16,26H,3,6-12,15H2,1H3. The molecule has 4 heterocycles. The molecule has 30 heavy (non-hydrogen) atoms. The van der Waals surface area contributed by atoms with Crippen LogP contribution < -0.4 is 10.2 Å². The number of halogens is 1. The van der Waals surface area contributed by atoms with Gasteiger partial charge in [0.05, 0.1) is 12.4 Å². The first-order chi connectivity index (χ1) is 14.6. The third-order valence-electron chi connectivity index (χ3n) is 7.13. The molecule has 1 unspecified atom stereocenters. The van der Waals surface area contributed by atoms with Gasteiger partial charge in [0.2, 0.25) is 5.91 Å². The van der Waals surface area contributed by atoms with Crippen molar-refractivity contribution >= 4 is 29.0 Å². The predicted octanol–water partition coefficient (Wildman–Crippen LogP) is 4.21. The van der Waals surface area contributed by atoms with E-state index in [-0.39, 0.29) is 5.54 Å². The Bertz CT molecular complexity index is 956. The van der Waals surface area contributed by atoms with E-state index in [9.17, 15) is 4.79 Å². The highest BCUT2D eigenvalue weighted by molar-refractivity contribution is 6.29. The maximum atomic E-state index is 13.1. The lowest BCUT2D eigenvalue weighted by Gasteiger charge is -2.51. The molecule has 1 N–H and O–H groups in total. The van der Waals surface area contributed by atoms with Crippen LogP contribution in [-0.2, 0) is 11.3 Å². The fourth-order valence-corrected chi connectivity index (χ4v) is 5.68. The predicted molar refractivity (Wildman–Crippen MR) is 119 cm³/mol. The number of hydrogen-bond donors (Lipinski definition) is 1. The van der Waals surface area contributed by atoms with Crippen molar-refractivity contribution in [2.24, 2.45) is 0 Å². The van der Waals surface area contributed by atoms with Crippen LogP contribution >= 0.6 is 11.6 Å². The highest BCUT2D eigenvalue weighted by Crippen LogP contribution is 2.41. The van der Waals surface area contributed by atoms with E-state index in [1.54, 1.807) is 12.4 Å². The molecule has 2 aromatic rings. The van der Waals surface area contributed by atoms with Gasteiger partial charge < -0.3 is 15.1 Å². The van der Waals surface area contributed by atoms with Crippen molar-refractivity contribution in [2.45, 2.75) is 57.0 Å². The zero-order valence-electron chi connectivity index (χ0n) is 17.4. The summed E-state index contributed by atoms with van der Waals surface area (Å²) in [5.74, 6) is 1.61. The number of rotatable bonds is 3. The Morgan fingerprint density at radius 3 is 2.87 bits per heavy atom. The van der Waals surface area contributed by atoms with Gasteiger partial charge in [-0.15, -0.1) is 0 Å². The van der Waals surface area contributed by atoms with Crippen molar-refractivity contribution in [1.29, 1.82) is 0 Å². The average molecular weight is 426 g/mol. The Labute approximate surface area is 182 Å². The highest BCUT2D eigenvalue weighted by atomic mass is 35.5. The smallest absolute Gasteiger partial charge is 0.223 e. The quantitative estimate of drug-likeness (QED) is 0.798. The van der Waals surface area contributed by atoms with Gasteiger partial charge in [-0.3, -0.25) is 9.78 Å². The fraction of sp³-hybridized carbons (Fsp3) is 0.522. The normalized spacial score (nSPS) is 22.9. The molecule has 2 saturated heterocycles. The second-order valence-corrected chi connectivity index (χ2v) is 9.29. The summed E-state index contributed by atoms with van der Waals surface area (Å²) in [6.07, 6.45) is 7.97. The first kappa shape index (κ1) is 19.6. The van der Waals surface area contributed by atoms with Crippen LogP contribution in [0.1, 0.15) is 56.1 Å². The van der Waals surface area contributed by atoms with Crippen LogP contribution in [0.2, 0.25) is 5.15 Å². The number of likely N-dealkylation sites (tertiary alicyclic amines) is 1. The maximum absolute atomic E-state index is 13.1. The second-order valence-electron chi connectivity index (χ2n) is 8.91. The molecule has 0 radical (unpaired) electrons. The number of benzene rings is 1. The van der Waals surface area contributed by atoms with Gasteiger partial charge in [0.1, 0.15) is 11.0 Å². The van der Waals surface area contributed by atoms with Gasteiger partial charge in [0.25, 0.3) is 0 Å². The molecule has 2 fully saturated rings. The van der Waals surface area contributed by atoms with Crippen LogP contribution in [0.3, 0.4) is 0 Å². The summed E-state index contributed by atoms with van der Waals surface area (Å²) in [7, 11) is 0. The number of amides is 1. The van der Waals surface area contributed by atoms with Crippen molar-refractivity contribution in [3.8, 4) is 0 Å². The van der Waals surface area contributed by atoms with Gasteiger partial charge in [0, 0.05) is 49.7 Å². The topological polar surface area (TPSA) is 61.4 Å². The largest absolute Gasteiger partial charge is 0.384 e. The summed E-state index contributed by atoms with van der Waals surface area (Å²) in [4.78, 5) is 26.2. The Morgan fingerprint density at radius 1 is 1.23 bits per heavy atom. The number of nitrogens with one attached hydrogen (secondary N) is 1. The maximum Gasteiger partial charge on any atom is 0.223 e. The molecule has 3 aliphatic rings. The van der Waals surface area contributed by atoms with E-state index in [1.165, 1.54) is 16.8 Å². The van der Waals surface area contributed by atoms with Gasteiger partial charge in [-0.2, -0.15) is 0 Å². The number of aromatic nitrogens is 2. The Balaban J connectivity index is 1.39. The minimum Gasteiger partial charge on any atom is -0.384 e. The first-order valence-electron chi connectivity index (χ1n) is 10.9. The number of anilines is 2. The number of nitrogens with zero attached hydrogens (tertiary/aromatic N) is 4. The molecule has 1 atom stereocenters. The lowest BCUT2D eigenvalue weighted by Crippen LogP contribution is -2.59. The summed E-state index contributed by atoms with van der Waals surface area (Å²) in [6, 6.07) is 6.47. The van der Waals surface area contributed by atoms with Gasteiger partial charge in [0.15, 0.2) is 0 Å². The van der Waals surface area contributed by atoms with E-state index < -0.39 is 0 Å². The van der Waals surface area contributed by atoms with Crippen LogP contribution in [-0.4, -0.2) is 45.9 Å². The average Bonchev–Trinajstić information content (AvgIpc) is 3.13. The van der Waals surface area contributed by atoms with E-state index >= 15 is 0 Å². The third-order valence-corrected chi connectivity index (χ3v) is 7.32. The molecule has 1 aromatic heterocycles. The van der Waals surface area contributed by atoms with Crippen LogP contribution in [0, 0.1) is 0 Å². The third kappa shape index (κ3) is 3.41. The molecule has 1 spiro atoms. The Kier molecular flexibility index (Phi) is 5.05. The first-order valence-corrected chi connectivity index (χ1v) is 11.3. The summed E-state index contributed by atoms with van der Waals surface area (Å²) >= 11 is 6.04. The molecular weight excluding hydrogens is 398 g/mol. The second kappa shape index (κ2) is 7.73. The van der Waals surface area contributed by atoms with Crippen LogP contribution in [0.5, 0.6) is 0 Å². The number of fused-ring (bicyclic) bond motifs is 1. The molecule has 1 amide bonds. The number of carbonyl (C=O) groups is 1. The molecule has 7 heteroatoms. The monoisotopic (exact) mass is 425 g/mol. The van der Waals surface area contributed by atoms with Gasteiger partial charge >= 0.3 is 0 Å². The molecule has 3 aliphatic heterocycles. The molecule has 6 nitrogen and oxygen atoms in total. The Morgan fingerprint density at radius 2 is 2.07 bits per heavy atom. The van der Waals surface area contributed by atoms with Crippen molar-refractivity contribution < 1.29 is 4.79 Å². The minimum absolute atomic E-state index is 0.0597. The zero-order valence-corrected chi connectivity index (χ0v) is 18.2. The van der Waals surface area contributed by atoms with Gasteiger partial charge in [-0.05, 0) is 42.9 Å². The zero-order chi connectivity index (χ0) is 20.7. The van der Waals surface area contributed by atoms with Crippen molar-refractivity contribution in [1.82, 2.24) is 14.9 Å². The summed E-state index contributed by atoms with van der Waals surface area (Å²) < 4.78 is 0. The number of piperidine rings is 2. The van der Waals surface area contributed by atoms with E-state index in [4.69, 9.17) is 11.6 Å². The molecule has 0 aliphatic carbocycles. The lowest BCUT2D eigenvalue weighted by molar-refractivity contribution is -0.144. The molecule has 0 bridgehead atoms. The van der Waals surface area contributed by atoms with Crippen molar-refractivity contribution in [3.63, 3.8) is 0 Å². The van der Waals surface area contributed by atoms with Gasteiger partial charge in [-0.1, -0.05) is 30.7 Å². The van der Waals surface area contributed by atoms with Crippen LogP contribution in [0.25, 0.3) is 0 Å². The van der Waals surface area contributed by atoms with E-state index in [0.29, 0.717) is 29.9 Å². The van der Waals surface area contributed by atoms with Gasteiger partial charge in [-0.25, -0.2) is 4.98 Å².